The molecule has 13 nitrogen and oxygen atoms in total. The highest BCUT2D eigenvalue weighted by molar-refractivity contribution is 6.09. The molecule has 0 unspecified atom stereocenters. The minimum Gasteiger partial charge on any atom is -0.346 e. The number of carbonyl (C=O) groups is 2. The van der Waals surface area contributed by atoms with Gasteiger partial charge in [0.15, 0.2) is 0 Å². The number of aromatic amines is 1. The van der Waals surface area contributed by atoms with Crippen molar-refractivity contribution in [2.75, 3.05) is 5.32 Å². The van der Waals surface area contributed by atoms with E-state index in [2.05, 4.69) is 31.0 Å². The maximum Gasteiger partial charge on any atom is 0.319 e. The van der Waals surface area contributed by atoms with Crippen molar-refractivity contribution < 1.29 is 14.5 Å². The third-order valence-corrected chi connectivity index (χ3v) is 3.66. The van der Waals surface area contributed by atoms with Crippen molar-refractivity contribution in [1.82, 2.24) is 35.1 Å². The number of nitrogens with zero attached hydrogens (tertiary/aromatic N) is 6. The zero-order valence-electron chi connectivity index (χ0n) is 14.3. The maximum absolute atomic E-state index is 12.5. The van der Waals surface area contributed by atoms with Crippen LogP contribution in [0.5, 0.6) is 0 Å². The lowest BCUT2D eigenvalue weighted by atomic mass is 10.3. The van der Waals surface area contributed by atoms with Crippen molar-refractivity contribution in [2.45, 2.75) is 6.54 Å². The quantitative estimate of drug-likeness (QED) is 0.403. The molecular weight excluding hydrogens is 358 g/mol. The molecule has 3 aromatic heterocycles. The van der Waals surface area contributed by atoms with Crippen LogP contribution in [0.15, 0.2) is 24.8 Å². The first-order valence-electron chi connectivity index (χ1n) is 7.63. The molecule has 3 rings (SSSR count). The first kappa shape index (κ1) is 17.8. The first-order chi connectivity index (χ1) is 12.9. The molecule has 0 radical (unpaired) electrons. The molecule has 0 aliphatic heterocycles. The molecule has 0 aliphatic rings. The average Bonchev–Trinajstić information content (AvgIpc) is 3.33. The largest absolute Gasteiger partial charge is 0.346 e. The fourth-order valence-electron chi connectivity index (χ4n) is 2.40. The standard InChI is InChI=1S/C14H15N9O4/c1-21-7-8(4-17-21)3-15-14(25)12-9(5-18-22(12)2)19-13(24)11-10(23(26)27)6-16-20-11/h4-7H,3H2,1-2H3,(H,15,25)(H,16,20)(H,19,24). The number of rotatable bonds is 6. The Balaban J connectivity index is 1.75. The van der Waals surface area contributed by atoms with Gasteiger partial charge in [-0.3, -0.25) is 34.2 Å². The Morgan fingerprint density at radius 2 is 2.00 bits per heavy atom. The number of nitrogens with one attached hydrogen (secondary N) is 3. The molecule has 0 spiro atoms. The summed E-state index contributed by atoms with van der Waals surface area (Å²) in [5.74, 6) is -1.29. The van der Waals surface area contributed by atoms with Crippen LogP contribution in [-0.4, -0.2) is 46.5 Å². The van der Waals surface area contributed by atoms with E-state index in [1.54, 1.807) is 24.1 Å². The maximum atomic E-state index is 12.5. The molecule has 2 amide bonds. The highest BCUT2D eigenvalue weighted by atomic mass is 16.6. The van der Waals surface area contributed by atoms with Gasteiger partial charge in [0.05, 0.1) is 23.0 Å². The Labute approximate surface area is 151 Å². The molecule has 3 aromatic rings. The lowest BCUT2D eigenvalue weighted by Crippen LogP contribution is -2.26. The number of hydrogen-bond donors (Lipinski definition) is 3. The van der Waals surface area contributed by atoms with E-state index in [-0.39, 0.29) is 23.6 Å². The van der Waals surface area contributed by atoms with Crippen LogP contribution in [0.25, 0.3) is 0 Å². The van der Waals surface area contributed by atoms with Gasteiger partial charge in [-0.25, -0.2) is 0 Å². The SMILES string of the molecule is Cn1cc(CNC(=O)c2c(NC(=O)c3[nH]ncc3[N+](=O)[O-])cnn2C)cn1. The van der Waals surface area contributed by atoms with Crippen LogP contribution in [-0.2, 0) is 20.6 Å². The zero-order chi connectivity index (χ0) is 19.6. The first-order valence-corrected chi connectivity index (χ1v) is 7.63. The lowest BCUT2D eigenvalue weighted by molar-refractivity contribution is -0.385. The fraction of sp³-hybridized carbons (Fsp3) is 0.214. The molecule has 3 heterocycles. The number of aryl methyl sites for hydroxylation is 2. The monoisotopic (exact) mass is 373 g/mol. The van der Waals surface area contributed by atoms with Gasteiger partial charge in [-0.1, -0.05) is 0 Å². The molecule has 0 atom stereocenters. The van der Waals surface area contributed by atoms with Gasteiger partial charge in [0, 0.05) is 32.4 Å². The van der Waals surface area contributed by atoms with E-state index < -0.39 is 22.4 Å². The predicted octanol–water partition coefficient (Wildman–Crippen LogP) is -0.0328. The molecule has 0 saturated heterocycles. The molecule has 0 fully saturated rings. The molecule has 13 heteroatoms. The van der Waals surface area contributed by atoms with Gasteiger partial charge in [0.2, 0.25) is 5.69 Å². The summed E-state index contributed by atoms with van der Waals surface area (Å²) in [5.41, 5.74) is 0.195. The summed E-state index contributed by atoms with van der Waals surface area (Å²) < 4.78 is 2.89. The summed E-state index contributed by atoms with van der Waals surface area (Å²) in [4.78, 5) is 35.0. The van der Waals surface area contributed by atoms with Crippen LogP contribution >= 0.6 is 0 Å². The third kappa shape index (κ3) is 3.65. The van der Waals surface area contributed by atoms with Crippen molar-refractivity contribution in [3.63, 3.8) is 0 Å². The van der Waals surface area contributed by atoms with E-state index >= 15 is 0 Å². The van der Waals surface area contributed by atoms with Gasteiger partial charge in [-0.2, -0.15) is 15.3 Å². The van der Waals surface area contributed by atoms with Crippen molar-refractivity contribution in [3.8, 4) is 0 Å². The second kappa shape index (κ2) is 7.07. The van der Waals surface area contributed by atoms with Gasteiger partial charge in [-0.15, -0.1) is 0 Å². The van der Waals surface area contributed by atoms with Crippen molar-refractivity contribution in [3.05, 3.63) is 51.9 Å². The Kier molecular flexibility index (Phi) is 4.66. The predicted molar refractivity (Wildman–Crippen MR) is 90.8 cm³/mol. The van der Waals surface area contributed by atoms with Gasteiger partial charge < -0.3 is 10.6 Å². The molecule has 0 bridgehead atoms. The van der Waals surface area contributed by atoms with Gasteiger partial charge in [0.1, 0.15) is 11.9 Å². The number of anilines is 1. The summed E-state index contributed by atoms with van der Waals surface area (Å²) in [7, 11) is 3.29. The Morgan fingerprint density at radius 1 is 1.22 bits per heavy atom. The summed E-state index contributed by atoms with van der Waals surface area (Å²) in [5, 5.41) is 29.8. The van der Waals surface area contributed by atoms with E-state index in [1.807, 2.05) is 0 Å². The number of carbonyl (C=O) groups excluding carboxylic acids is 2. The number of nitro groups is 1. The van der Waals surface area contributed by atoms with Crippen LogP contribution in [0.4, 0.5) is 11.4 Å². The minimum absolute atomic E-state index is 0.0920. The topological polar surface area (TPSA) is 166 Å². The fourth-order valence-corrected chi connectivity index (χ4v) is 2.40. The summed E-state index contributed by atoms with van der Waals surface area (Å²) in [6.07, 6.45) is 5.58. The van der Waals surface area contributed by atoms with E-state index in [0.717, 1.165) is 11.8 Å². The smallest absolute Gasteiger partial charge is 0.319 e. The zero-order valence-corrected chi connectivity index (χ0v) is 14.3. The molecule has 3 N–H and O–H groups in total. The number of aromatic nitrogens is 6. The van der Waals surface area contributed by atoms with E-state index in [9.17, 15) is 19.7 Å². The highest BCUT2D eigenvalue weighted by Crippen LogP contribution is 2.19. The number of hydrogen-bond acceptors (Lipinski definition) is 7. The molecular formula is C14H15N9O4. The van der Waals surface area contributed by atoms with Crippen molar-refractivity contribution >= 4 is 23.2 Å². The molecule has 0 aromatic carbocycles. The van der Waals surface area contributed by atoms with Crippen LogP contribution < -0.4 is 10.6 Å². The molecule has 0 saturated carbocycles. The van der Waals surface area contributed by atoms with Gasteiger partial charge in [0.25, 0.3) is 11.8 Å². The van der Waals surface area contributed by atoms with Crippen molar-refractivity contribution in [2.24, 2.45) is 14.1 Å². The van der Waals surface area contributed by atoms with E-state index in [1.165, 1.54) is 17.9 Å². The lowest BCUT2D eigenvalue weighted by Gasteiger charge is -2.08. The number of amides is 2. The van der Waals surface area contributed by atoms with Crippen LogP contribution in [0.3, 0.4) is 0 Å². The Bertz CT molecular complexity index is 1020. The normalized spacial score (nSPS) is 10.6. The second-order valence-electron chi connectivity index (χ2n) is 5.58. The minimum atomic E-state index is -0.812. The third-order valence-electron chi connectivity index (χ3n) is 3.66. The summed E-state index contributed by atoms with van der Waals surface area (Å²) >= 11 is 0. The Hall–Kier alpha value is -4.03. The Morgan fingerprint density at radius 3 is 2.67 bits per heavy atom. The summed E-state index contributed by atoms with van der Waals surface area (Å²) in [6, 6.07) is 0. The molecule has 140 valence electrons. The van der Waals surface area contributed by atoms with Crippen LogP contribution in [0.1, 0.15) is 26.5 Å². The van der Waals surface area contributed by atoms with Crippen LogP contribution in [0.2, 0.25) is 0 Å². The summed E-state index contributed by atoms with van der Waals surface area (Å²) in [6.45, 7) is 0.233. The van der Waals surface area contributed by atoms with Crippen molar-refractivity contribution in [1.29, 1.82) is 0 Å². The van der Waals surface area contributed by atoms with E-state index in [4.69, 9.17) is 0 Å². The van der Waals surface area contributed by atoms with Crippen LogP contribution in [0, 0.1) is 10.1 Å². The van der Waals surface area contributed by atoms with Gasteiger partial charge in [-0.05, 0) is 0 Å². The number of H-pyrrole nitrogens is 1. The molecule has 27 heavy (non-hydrogen) atoms. The highest BCUT2D eigenvalue weighted by Gasteiger charge is 2.25. The van der Waals surface area contributed by atoms with Gasteiger partial charge >= 0.3 is 5.69 Å². The molecule has 0 aliphatic carbocycles. The average molecular weight is 373 g/mol. The second-order valence-corrected chi connectivity index (χ2v) is 5.58. The van der Waals surface area contributed by atoms with E-state index in [0.29, 0.717) is 0 Å².